The van der Waals surface area contributed by atoms with Crippen LogP contribution in [-0.2, 0) is 0 Å². The molecule has 0 bridgehead atoms. The number of methoxy groups -OCH3 is 3. The molecule has 2 aliphatic heterocycles. The fourth-order valence-corrected chi connectivity index (χ4v) is 4.17. The highest BCUT2D eigenvalue weighted by atomic mass is 16.5. The fourth-order valence-electron chi connectivity index (χ4n) is 4.17. The molecule has 0 aliphatic carbocycles. The van der Waals surface area contributed by atoms with Crippen molar-refractivity contribution in [1.29, 1.82) is 0 Å². The van der Waals surface area contributed by atoms with E-state index >= 15 is 0 Å². The molecular weight excluding hydrogens is 392 g/mol. The molecule has 5 rings (SSSR count). The Bertz CT molecular complexity index is 1130. The summed E-state index contributed by atoms with van der Waals surface area (Å²) >= 11 is 0. The number of fused-ring (bicyclic) bond motifs is 3. The molecule has 31 heavy (non-hydrogen) atoms. The number of ether oxygens (including phenoxy) is 4. The summed E-state index contributed by atoms with van der Waals surface area (Å²) in [4.78, 5) is 0. The van der Waals surface area contributed by atoms with Gasteiger partial charge in [0.2, 0.25) is 6.23 Å². The van der Waals surface area contributed by atoms with Crippen molar-refractivity contribution >= 4 is 5.71 Å². The standard InChI is InChI=1S/C25H24N2O4/c1-28-18-9-7-16(8-10-18)22-15-23-21-14-20(30-3)11-12-24(21)31-25(27(23)26-22)17-5-4-6-19(13-17)29-2/h4-14,23,25H,15H2,1-3H3/t23-,25+/m0/s1. The average molecular weight is 416 g/mol. The maximum Gasteiger partial charge on any atom is 0.214 e. The fraction of sp³-hybridized carbons (Fsp3) is 0.240. The van der Waals surface area contributed by atoms with Crippen LogP contribution in [0.25, 0.3) is 0 Å². The highest BCUT2D eigenvalue weighted by molar-refractivity contribution is 6.02. The lowest BCUT2D eigenvalue weighted by Gasteiger charge is -2.38. The third kappa shape index (κ3) is 3.44. The zero-order valence-electron chi connectivity index (χ0n) is 17.7. The first kappa shape index (κ1) is 19.3. The minimum atomic E-state index is -0.350. The van der Waals surface area contributed by atoms with E-state index < -0.39 is 0 Å². The lowest BCUT2D eigenvalue weighted by Crippen LogP contribution is -2.33. The van der Waals surface area contributed by atoms with Gasteiger partial charge in [-0.25, -0.2) is 5.01 Å². The highest BCUT2D eigenvalue weighted by Gasteiger charge is 2.41. The van der Waals surface area contributed by atoms with Crippen molar-refractivity contribution in [1.82, 2.24) is 5.01 Å². The van der Waals surface area contributed by atoms with Gasteiger partial charge in [-0.05, 0) is 60.2 Å². The number of rotatable bonds is 5. The maximum atomic E-state index is 6.44. The van der Waals surface area contributed by atoms with E-state index in [1.54, 1.807) is 21.3 Å². The summed E-state index contributed by atoms with van der Waals surface area (Å²) < 4.78 is 22.6. The number of hydrazone groups is 1. The van der Waals surface area contributed by atoms with Crippen LogP contribution >= 0.6 is 0 Å². The molecule has 0 saturated carbocycles. The monoisotopic (exact) mass is 416 g/mol. The van der Waals surface area contributed by atoms with Gasteiger partial charge in [0.05, 0.1) is 33.1 Å². The molecular formula is C25H24N2O4. The predicted molar refractivity (Wildman–Crippen MR) is 118 cm³/mol. The quantitative estimate of drug-likeness (QED) is 0.589. The van der Waals surface area contributed by atoms with Crippen LogP contribution in [0.5, 0.6) is 23.0 Å². The van der Waals surface area contributed by atoms with E-state index in [1.807, 2.05) is 66.7 Å². The lowest BCUT2D eigenvalue weighted by atomic mass is 9.95. The summed E-state index contributed by atoms with van der Waals surface area (Å²) in [7, 11) is 5.01. The van der Waals surface area contributed by atoms with Gasteiger partial charge in [0.15, 0.2) is 0 Å². The van der Waals surface area contributed by atoms with Crippen molar-refractivity contribution in [2.75, 3.05) is 21.3 Å². The second-order valence-electron chi connectivity index (χ2n) is 7.53. The molecule has 0 fully saturated rings. The third-order valence-corrected chi connectivity index (χ3v) is 5.80. The predicted octanol–water partition coefficient (Wildman–Crippen LogP) is 4.95. The van der Waals surface area contributed by atoms with Crippen LogP contribution in [0.15, 0.2) is 71.8 Å². The van der Waals surface area contributed by atoms with Gasteiger partial charge in [-0.15, -0.1) is 0 Å². The molecule has 2 atom stereocenters. The third-order valence-electron chi connectivity index (χ3n) is 5.80. The van der Waals surface area contributed by atoms with Crippen LogP contribution in [0, 0.1) is 0 Å². The van der Waals surface area contributed by atoms with E-state index in [9.17, 15) is 0 Å². The van der Waals surface area contributed by atoms with E-state index in [4.69, 9.17) is 24.0 Å². The molecule has 0 saturated heterocycles. The minimum Gasteiger partial charge on any atom is -0.497 e. The molecule has 0 unspecified atom stereocenters. The van der Waals surface area contributed by atoms with Crippen LogP contribution in [0.3, 0.4) is 0 Å². The summed E-state index contributed by atoms with van der Waals surface area (Å²) in [5.74, 6) is 3.27. The van der Waals surface area contributed by atoms with Gasteiger partial charge in [-0.1, -0.05) is 12.1 Å². The molecule has 6 nitrogen and oxygen atoms in total. The number of nitrogens with zero attached hydrogens (tertiary/aromatic N) is 2. The van der Waals surface area contributed by atoms with Gasteiger partial charge in [0.25, 0.3) is 0 Å². The van der Waals surface area contributed by atoms with Gasteiger partial charge in [0, 0.05) is 17.5 Å². The molecule has 0 aromatic heterocycles. The first-order valence-corrected chi connectivity index (χ1v) is 10.2. The first-order chi connectivity index (χ1) is 15.2. The lowest BCUT2D eigenvalue weighted by molar-refractivity contribution is -0.0192. The average Bonchev–Trinajstić information content (AvgIpc) is 3.29. The molecule has 2 heterocycles. The van der Waals surface area contributed by atoms with E-state index in [-0.39, 0.29) is 12.3 Å². The van der Waals surface area contributed by atoms with E-state index in [1.165, 1.54) is 0 Å². The van der Waals surface area contributed by atoms with Gasteiger partial charge in [-0.3, -0.25) is 0 Å². The number of hydrogen-bond donors (Lipinski definition) is 0. The van der Waals surface area contributed by atoms with Gasteiger partial charge >= 0.3 is 0 Å². The second kappa shape index (κ2) is 7.87. The Labute approximate surface area is 181 Å². The molecule has 158 valence electrons. The second-order valence-corrected chi connectivity index (χ2v) is 7.53. The Morgan fingerprint density at radius 3 is 2.29 bits per heavy atom. The van der Waals surface area contributed by atoms with Crippen LogP contribution in [0.4, 0.5) is 0 Å². The van der Waals surface area contributed by atoms with E-state index in [0.717, 1.165) is 51.8 Å². The Morgan fingerprint density at radius 2 is 1.55 bits per heavy atom. The minimum absolute atomic E-state index is 0.0483. The van der Waals surface area contributed by atoms with Crippen molar-refractivity contribution in [3.8, 4) is 23.0 Å². The van der Waals surface area contributed by atoms with Gasteiger partial charge in [0.1, 0.15) is 23.0 Å². The molecule has 0 amide bonds. The van der Waals surface area contributed by atoms with Gasteiger partial charge in [-0.2, -0.15) is 5.10 Å². The van der Waals surface area contributed by atoms with Crippen LogP contribution < -0.4 is 18.9 Å². The molecule has 0 spiro atoms. The zero-order valence-corrected chi connectivity index (χ0v) is 17.7. The van der Waals surface area contributed by atoms with Crippen LogP contribution in [-0.4, -0.2) is 32.0 Å². The van der Waals surface area contributed by atoms with Crippen molar-refractivity contribution < 1.29 is 18.9 Å². The molecule has 3 aromatic rings. The molecule has 2 aliphatic rings. The Balaban J connectivity index is 1.58. The zero-order chi connectivity index (χ0) is 21.4. The topological polar surface area (TPSA) is 52.5 Å². The van der Waals surface area contributed by atoms with E-state index in [0.29, 0.717) is 0 Å². The maximum absolute atomic E-state index is 6.44. The molecule has 0 N–H and O–H groups in total. The number of hydrogen-bond acceptors (Lipinski definition) is 6. The van der Waals surface area contributed by atoms with Crippen LogP contribution in [0.2, 0.25) is 0 Å². The molecule has 6 heteroatoms. The number of benzene rings is 3. The van der Waals surface area contributed by atoms with E-state index in [2.05, 4.69) is 5.01 Å². The Hall–Kier alpha value is -3.67. The Morgan fingerprint density at radius 1 is 0.839 bits per heavy atom. The summed E-state index contributed by atoms with van der Waals surface area (Å²) in [6, 6.07) is 21.9. The summed E-state index contributed by atoms with van der Waals surface area (Å²) in [6.07, 6.45) is 0.424. The normalized spacial score (nSPS) is 19.1. The summed E-state index contributed by atoms with van der Waals surface area (Å²) in [5.41, 5.74) is 4.15. The molecule has 0 radical (unpaired) electrons. The van der Waals surface area contributed by atoms with Crippen molar-refractivity contribution in [3.63, 3.8) is 0 Å². The molecule has 3 aromatic carbocycles. The summed E-state index contributed by atoms with van der Waals surface area (Å²) in [5, 5.41) is 7.06. The van der Waals surface area contributed by atoms with Crippen LogP contribution in [0.1, 0.15) is 35.4 Å². The SMILES string of the molecule is COc1ccc(C2=NN3[C@@H](c4cccc(OC)c4)Oc4ccc(OC)cc4[C@@H]3C2)cc1. The van der Waals surface area contributed by atoms with Crippen molar-refractivity contribution in [3.05, 3.63) is 83.4 Å². The van der Waals surface area contributed by atoms with Crippen molar-refractivity contribution in [2.24, 2.45) is 5.10 Å². The first-order valence-electron chi connectivity index (χ1n) is 10.2. The summed E-state index contributed by atoms with van der Waals surface area (Å²) in [6.45, 7) is 0. The van der Waals surface area contributed by atoms with Crippen molar-refractivity contribution in [2.45, 2.75) is 18.7 Å². The smallest absolute Gasteiger partial charge is 0.214 e. The highest BCUT2D eigenvalue weighted by Crippen LogP contribution is 2.48. The Kier molecular flexibility index (Phi) is 4.90. The van der Waals surface area contributed by atoms with Gasteiger partial charge < -0.3 is 18.9 Å². The largest absolute Gasteiger partial charge is 0.497 e.